The van der Waals surface area contributed by atoms with Crippen LogP contribution < -0.4 is 0 Å². The van der Waals surface area contributed by atoms with E-state index in [1.165, 1.54) is 38.5 Å². The summed E-state index contributed by atoms with van der Waals surface area (Å²) in [7, 11) is 0. The van der Waals surface area contributed by atoms with Crippen molar-refractivity contribution in [2.45, 2.75) is 97.2 Å². The van der Waals surface area contributed by atoms with Gasteiger partial charge in [-0.05, 0) is 52.4 Å². The summed E-state index contributed by atoms with van der Waals surface area (Å²) in [6.07, 6.45) is 16.9. The zero-order valence-electron chi connectivity index (χ0n) is 16.6. The van der Waals surface area contributed by atoms with Crippen molar-refractivity contribution < 1.29 is 14.3 Å². The first-order chi connectivity index (χ1) is 12.2. The van der Waals surface area contributed by atoms with E-state index in [1.54, 1.807) is 6.92 Å². The highest BCUT2D eigenvalue weighted by Gasteiger charge is 2.21. The molecule has 0 spiro atoms. The van der Waals surface area contributed by atoms with Crippen molar-refractivity contribution in [1.29, 1.82) is 0 Å². The summed E-state index contributed by atoms with van der Waals surface area (Å²) in [4.78, 5) is 12.4. The maximum absolute atomic E-state index is 12.4. The maximum Gasteiger partial charge on any atom is 0.311 e. The van der Waals surface area contributed by atoms with Crippen molar-refractivity contribution >= 4 is 5.97 Å². The summed E-state index contributed by atoms with van der Waals surface area (Å²) in [5.41, 5.74) is 0. The largest absolute Gasteiger partial charge is 0.436 e. The van der Waals surface area contributed by atoms with E-state index in [1.807, 2.05) is 19.1 Å². The summed E-state index contributed by atoms with van der Waals surface area (Å²) in [5, 5.41) is 0. The van der Waals surface area contributed by atoms with Crippen molar-refractivity contribution in [2.24, 2.45) is 5.92 Å². The molecule has 1 atom stereocenters. The number of esters is 1. The normalized spacial score (nSPS) is 12.1. The van der Waals surface area contributed by atoms with Crippen molar-refractivity contribution in [3.63, 3.8) is 0 Å². The molecule has 0 saturated carbocycles. The van der Waals surface area contributed by atoms with Gasteiger partial charge in [-0.2, -0.15) is 0 Å². The molecule has 0 aromatic rings. The summed E-state index contributed by atoms with van der Waals surface area (Å²) in [5.74, 6) is -0.0696. The predicted octanol–water partition coefficient (Wildman–Crippen LogP) is 6.58. The van der Waals surface area contributed by atoms with Crippen molar-refractivity contribution in [1.82, 2.24) is 0 Å². The van der Waals surface area contributed by atoms with E-state index < -0.39 is 6.29 Å². The molecule has 0 bridgehead atoms. The second kappa shape index (κ2) is 17.7. The molecule has 25 heavy (non-hydrogen) atoms. The molecule has 0 N–H and O–H groups in total. The number of hydrogen-bond acceptors (Lipinski definition) is 3. The number of carbonyl (C=O) groups is 1. The Labute approximate surface area is 155 Å². The molecule has 3 heteroatoms. The van der Waals surface area contributed by atoms with E-state index in [9.17, 15) is 4.79 Å². The van der Waals surface area contributed by atoms with Gasteiger partial charge in [-0.1, -0.05) is 50.7 Å². The summed E-state index contributed by atoms with van der Waals surface area (Å²) in [6, 6.07) is 0. The maximum atomic E-state index is 12.4. The molecule has 0 radical (unpaired) electrons. The number of hydrogen-bond donors (Lipinski definition) is 0. The Morgan fingerprint density at radius 1 is 0.880 bits per heavy atom. The van der Waals surface area contributed by atoms with Crippen molar-refractivity contribution in [3.05, 3.63) is 25.3 Å². The zero-order valence-corrected chi connectivity index (χ0v) is 16.6. The fourth-order valence-corrected chi connectivity index (χ4v) is 2.97. The van der Waals surface area contributed by atoms with E-state index in [4.69, 9.17) is 9.47 Å². The molecule has 146 valence electrons. The quantitative estimate of drug-likeness (QED) is 0.121. The monoisotopic (exact) mass is 352 g/mol. The SMILES string of the molecule is C=CCCCCCCC(CCCCCCC=C)C(=O)OC(C)OCC. The van der Waals surface area contributed by atoms with Gasteiger partial charge in [0.2, 0.25) is 0 Å². The number of carbonyl (C=O) groups excluding carboxylic acids is 1. The van der Waals surface area contributed by atoms with E-state index in [-0.39, 0.29) is 11.9 Å². The highest BCUT2D eigenvalue weighted by Crippen LogP contribution is 2.21. The molecule has 0 rings (SSSR count). The summed E-state index contributed by atoms with van der Waals surface area (Å²) >= 11 is 0. The molecule has 0 aliphatic rings. The minimum Gasteiger partial charge on any atom is -0.436 e. The van der Waals surface area contributed by atoms with Gasteiger partial charge < -0.3 is 9.47 Å². The Hall–Kier alpha value is -1.09. The van der Waals surface area contributed by atoms with Crippen LogP contribution in [0.4, 0.5) is 0 Å². The van der Waals surface area contributed by atoms with Crippen LogP contribution in [0.1, 0.15) is 90.9 Å². The Morgan fingerprint density at radius 3 is 1.80 bits per heavy atom. The van der Waals surface area contributed by atoms with Gasteiger partial charge in [-0.3, -0.25) is 4.79 Å². The van der Waals surface area contributed by atoms with Gasteiger partial charge in [-0.25, -0.2) is 0 Å². The second-order valence-electron chi connectivity index (χ2n) is 6.72. The Bertz CT molecular complexity index is 318. The number of ether oxygens (including phenoxy) is 2. The van der Waals surface area contributed by atoms with E-state index in [0.29, 0.717) is 6.61 Å². The molecule has 0 heterocycles. The van der Waals surface area contributed by atoms with Crippen LogP contribution in [-0.2, 0) is 14.3 Å². The van der Waals surface area contributed by atoms with E-state index >= 15 is 0 Å². The summed E-state index contributed by atoms with van der Waals surface area (Å²) in [6.45, 7) is 11.8. The molecule has 0 amide bonds. The molecule has 0 fully saturated rings. The third-order valence-corrected chi connectivity index (χ3v) is 4.44. The smallest absolute Gasteiger partial charge is 0.311 e. The highest BCUT2D eigenvalue weighted by molar-refractivity contribution is 5.72. The van der Waals surface area contributed by atoms with Gasteiger partial charge in [-0.15, -0.1) is 13.2 Å². The van der Waals surface area contributed by atoms with Crippen LogP contribution in [0.5, 0.6) is 0 Å². The lowest BCUT2D eigenvalue weighted by atomic mass is 9.94. The average Bonchev–Trinajstić information content (AvgIpc) is 2.59. The lowest BCUT2D eigenvalue weighted by Gasteiger charge is -2.19. The highest BCUT2D eigenvalue weighted by atomic mass is 16.7. The van der Waals surface area contributed by atoms with Crippen LogP contribution in [-0.4, -0.2) is 18.9 Å². The topological polar surface area (TPSA) is 35.5 Å². The van der Waals surface area contributed by atoms with Crippen LogP contribution in [0.3, 0.4) is 0 Å². The van der Waals surface area contributed by atoms with Crippen LogP contribution in [0.15, 0.2) is 25.3 Å². The van der Waals surface area contributed by atoms with Gasteiger partial charge in [0.25, 0.3) is 0 Å². The first-order valence-electron chi connectivity index (χ1n) is 10.2. The molecule has 0 aliphatic carbocycles. The van der Waals surface area contributed by atoms with Gasteiger partial charge >= 0.3 is 5.97 Å². The molecule has 0 saturated heterocycles. The number of unbranched alkanes of at least 4 members (excludes halogenated alkanes) is 8. The second-order valence-corrected chi connectivity index (χ2v) is 6.72. The molecule has 1 unspecified atom stereocenters. The third-order valence-electron chi connectivity index (χ3n) is 4.44. The zero-order chi connectivity index (χ0) is 18.8. The van der Waals surface area contributed by atoms with Crippen LogP contribution >= 0.6 is 0 Å². The lowest BCUT2D eigenvalue weighted by molar-refractivity contribution is -0.179. The van der Waals surface area contributed by atoms with Crippen LogP contribution in [0, 0.1) is 5.92 Å². The molecule has 0 aliphatic heterocycles. The minimum absolute atomic E-state index is 0.0155. The molecule has 0 aromatic carbocycles. The van der Waals surface area contributed by atoms with Gasteiger partial charge in [0.05, 0.1) is 5.92 Å². The Kier molecular flexibility index (Phi) is 17.0. The average molecular weight is 353 g/mol. The first-order valence-corrected chi connectivity index (χ1v) is 10.2. The predicted molar refractivity (Wildman–Crippen MR) is 106 cm³/mol. The molecule has 3 nitrogen and oxygen atoms in total. The number of rotatable bonds is 18. The Balaban J connectivity index is 4.17. The standard InChI is InChI=1S/C22H40O3/c1-5-8-10-12-14-16-18-21(19-17-15-13-11-9-6-2)22(23)25-20(4)24-7-3/h5-6,20-21H,1-2,7-19H2,3-4H3. The van der Waals surface area contributed by atoms with Gasteiger partial charge in [0.15, 0.2) is 6.29 Å². The minimum atomic E-state index is -0.444. The fraction of sp³-hybridized carbons (Fsp3) is 0.773. The Morgan fingerprint density at radius 2 is 1.36 bits per heavy atom. The van der Waals surface area contributed by atoms with Crippen LogP contribution in [0.25, 0.3) is 0 Å². The van der Waals surface area contributed by atoms with Crippen LogP contribution in [0.2, 0.25) is 0 Å². The van der Waals surface area contributed by atoms with Gasteiger partial charge in [0.1, 0.15) is 0 Å². The molecule has 0 aromatic heterocycles. The molecular formula is C22H40O3. The molecular weight excluding hydrogens is 312 g/mol. The van der Waals surface area contributed by atoms with Crippen molar-refractivity contribution in [2.75, 3.05) is 6.61 Å². The summed E-state index contributed by atoms with van der Waals surface area (Å²) < 4.78 is 10.8. The van der Waals surface area contributed by atoms with Gasteiger partial charge in [0, 0.05) is 6.61 Å². The van der Waals surface area contributed by atoms with Crippen molar-refractivity contribution in [3.8, 4) is 0 Å². The lowest BCUT2D eigenvalue weighted by Crippen LogP contribution is -2.24. The van der Waals surface area contributed by atoms with E-state index in [0.717, 1.165) is 38.5 Å². The first kappa shape index (κ1) is 23.9. The third kappa shape index (κ3) is 14.9. The van der Waals surface area contributed by atoms with E-state index in [2.05, 4.69) is 13.2 Å². The fourth-order valence-electron chi connectivity index (χ4n) is 2.97. The number of allylic oxidation sites excluding steroid dienone is 2.